The van der Waals surface area contributed by atoms with E-state index in [9.17, 15) is 5.11 Å². The minimum Gasteiger partial charge on any atom is -0.392 e. The Bertz CT molecular complexity index is 325. The highest BCUT2D eigenvalue weighted by molar-refractivity contribution is 5.32. The normalized spacial score (nSPS) is 15.0. The zero-order valence-electron chi connectivity index (χ0n) is 9.49. The molecule has 15 heavy (non-hydrogen) atoms. The molecule has 0 spiro atoms. The number of nitrogens with one attached hydrogen (secondary N) is 1. The quantitative estimate of drug-likeness (QED) is 0.696. The van der Waals surface area contributed by atoms with Crippen LogP contribution in [-0.2, 0) is 6.61 Å². The second-order valence-corrected chi connectivity index (χ2v) is 3.87. The Morgan fingerprint density at radius 3 is 2.53 bits per heavy atom. The van der Waals surface area contributed by atoms with E-state index >= 15 is 0 Å². The fraction of sp³-hybridized carbons (Fsp3) is 0.500. The number of aryl methyl sites for hydroxylation is 1. The minimum absolute atomic E-state index is 0.0179. The molecule has 0 saturated heterocycles. The van der Waals surface area contributed by atoms with Gasteiger partial charge in [-0.05, 0) is 37.6 Å². The lowest BCUT2D eigenvalue weighted by Gasteiger charge is -2.19. The maximum Gasteiger partial charge on any atom is 0.0940 e. The number of hydrogen-bond acceptors (Lipinski definition) is 3. The van der Waals surface area contributed by atoms with Gasteiger partial charge in [0, 0.05) is 6.04 Å². The monoisotopic (exact) mass is 209 g/mol. The first-order chi connectivity index (χ1) is 7.10. The van der Waals surface area contributed by atoms with Crippen molar-refractivity contribution in [2.75, 3.05) is 7.05 Å². The molecule has 0 heterocycles. The van der Waals surface area contributed by atoms with Gasteiger partial charge < -0.3 is 15.5 Å². The van der Waals surface area contributed by atoms with E-state index in [2.05, 4.69) is 5.32 Å². The Balaban J connectivity index is 2.92. The van der Waals surface area contributed by atoms with Gasteiger partial charge in [0.2, 0.25) is 0 Å². The van der Waals surface area contributed by atoms with Crippen molar-refractivity contribution >= 4 is 0 Å². The summed E-state index contributed by atoms with van der Waals surface area (Å²) in [6.45, 7) is 3.91. The fourth-order valence-electron chi connectivity index (χ4n) is 1.53. The van der Waals surface area contributed by atoms with Gasteiger partial charge in [-0.25, -0.2) is 0 Å². The predicted molar refractivity (Wildman–Crippen MR) is 60.6 cm³/mol. The van der Waals surface area contributed by atoms with Crippen LogP contribution < -0.4 is 5.32 Å². The molecule has 0 aliphatic carbocycles. The Kier molecular flexibility index (Phi) is 4.27. The van der Waals surface area contributed by atoms with Gasteiger partial charge in [-0.15, -0.1) is 0 Å². The van der Waals surface area contributed by atoms with Gasteiger partial charge in [-0.2, -0.15) is 0 Å². The summed E-state index contributed by atoms with van der Waals surface area (Å²) in [5, 5.41) is 22.0. The van der Waals surface area contributed by atoms with Gasteiger partial charge in [-0.3, -0.25) is 0 Å². The van der Waals surface area contributed by atoms with Crippen LogP contribution in [0.3, 0.4) is 0 Å². The summed E-state index contributed by atoms with van der Waals surface area (Å²) >= 11 is 0. The van der Waals surface area contributed by atoms with E-state index in [-0.39, 0.29) is 12.6 Å². The van der Waals surface area contributed by atoms with Crippen LogP contribution in [0.25, 0.3) is 0 Å². The lowest BCUT2D eigenvalue weighted by molar-refractivity contribution is 0.140. The van der Waals surface area contributed by atoms with Crippen molar-refractivity contribution in [2.24, 2.45) is 0 Å². The molecule has 1 aromatic carbocycles. The molecule has 0 aromatic heterocycles. The lowest BCUT2D eigenvalue weighted by Crippen LogP contribution is -2.28. The molecule has 3 N–H and O–H groups in total. The Hall–Kier alpha value is -0.900. The summed E-state index contributed by atoms with van der Waals surface area (Å²) in [6, 6.07) is 5.65. The van der Waals surface area contributed by atoms with Crippen molar-refractivity contribution in [3.05, 3.63) is 34.9 Å². The molecule has 1 rings (SSSR count). The summed E-state index contributed by atoms with van der Waals surface area (Å²) < 4.78 is 0. The smallest absolute Gasteiger partial charge is 0.0940 e. The molecule has 84 valence electrons. The standard InChI is InChI=1S/C12H19NO2/c1-8-6-10(4-5-11(8)7-14)12(15)9(2)13-3/h4-6,9,12-15H,7H2,1-3H3. The third-order valence-electron chi connectivity index (χ3n) is 2.81. The highest BCUT2D eigenvalue weighted by atomic mass is 16.3. The van der Waals surface area contributed by atoms with E-state index < -0.39 is 6.10 Å². The number of hydrogen-bond donors (Lipinski definition) is 3. The van der Waals surface area contributed by atoms with Crippen LogP contribution in [0.2, 0.25) is 0 Å². The average molecular weight is 209 g/mol. The largest absolute Gasteiger partial charge is 0.392 e. The summed E-state index contributed by atoms with van der Waals surface area (Å²) in [7, 11) is 1.82. The molecule has 0 saturated carbocycles. The number of aliphatic hydroxyl groups excluding tert-OH is 2. The first kappa shape index (κ1) is 12.2. The van der Waals surface area contributed by atoms with E-state index in [1.54, 1.807) is 0 Å². The molecule has 3 nitrogen and oxygen atoms in total. The molecule has 1 aromatic rings. The average Bonchev–Trinajstić information content (AvgIpc) is 2.26. The van der Waals surface area contributed by atoms with Crippen LogP contribution in [-0.4, -0.2) is 23.3 Å². The van der Waals surface area contributed by atoms with Gasteiger partial charge in [0.1, 0.15) is 0 Å². The van der Waals surface area contributed by atoms with Crippen molar-refractivity contribution in [1.82, 2.24) is 5.32 Å². The van der Waals surface area contributed by atoms with Crippen molar-refractivity contribution in [3.63, 3.8) is 0 Å². The zero-order chi connectivity index (χ0) is 11.4. The maximum absolute atomic E-state index is 9.95. The van der Waals surface area contributed by atoms with E-state index in [0.29, 0.717) is 0 Å². The Morgan fingerprint density at radius 1 is 1.40 bits per heavy atom. The molecular formula is C12H19NO2. The highest BCUT2D eigenvalue weighted by Crippen LogP contribution is 2.20. The molecule has 0 fully saturated rings. The van der Waals surface area contributed by atoms with E-state index in [1.807, 2.05) is 39.1 Å². The number of rotatable bonds is 4. The number of aliphatic hydroxyl groups is 2. The second kappa shape index (κ2) is 5.26. The molecule has 0 bridgehead atoms. The van der Waals surface area contributed by atoms with Crippen molar-refractivity contribution in [3.8, 4) is 0 Å². The second-order valence-electron chi connectivity index (χ2n) is 3.87. The topological polar surface area (TPSA) is 52.5 Å². The third kappa shape index (κ3) is 2.78. The van der Waals surface area contributed by atoms with Crippen molar-refractivity contribution in [1.29, 1.82) is 0 Å². The maximum atomic E-state index is 9.95. The summed E-state index contributed by atoms with van der Waals surface area (Å²) in [5.74, 6) is 0. The molecule has 0 aliphatic rings. The third-order valence-corrected chi connectivity index (χ3v) is 2.81. The van der Waals surface area contributed by atoms with E-state index in [0.717, 1.165) is 16.7 Å². The number of benzene rings is 1. The molecule has 2 unspecified atom stereocenters. The van der Waals surface area contributed by atoms with Crippen molar-refractivity contribution < 1.29 is 10.2 Å². The number of likely N-dealkylation sites (N-methyl/N-ethyl adjacent to an activating group) is 1. The van der Waals surface area contributed by atoms with Gasteiger partial charge in [-0.1, -0.05) is 18.2 Å². The van der Waals surface area contributed by atoms with Gasteiger partial charge in [0.05, 0.1) is 12.7 Å². The van der Waals surface area contributed by atoms with Crippen LogP contribution >= 0.6 is 0 Å². The van der Waals surface area contributed by atoms with Crippen LogP contribution in [0.15, 0.2) is 18.2 Å². The first-order valence-corrected chi connectivity index (χ1v) is 5.15. The lowest BCUT2D eigenvalue weighted by atomic mass is 9.99. The Labute approximate surface area is 90.8 Å². The minimum atomic E-state index is -0.513. The molecule has 0 aliphatic heterocycles. The van der Waals surface area contributed by atoms with E-state index in [4.69, 9.17) is 5.11 Å². The first-order valence-electron chi connectivity index (χ1n) is 5.15. The molecule has 0 radical (unpaired) electrons. The SMILES string of the molecule is CNC(C)C(O)c1ccc(CO)c(C)c1. The molecule has 2 atom stereocenters. The van der Waals surface area contributed by atoms with Gasteiger partial charge >= 0.3 is 0 Å². The van der Waals surface area contributed by atoms with Crippen LogP contribution in [0.1, 0.15) is 29.7 Å². The molecular weight excluding hydrogens is 190 g/mol. The molecule has 3 heteroatoms. The van der Waals surface area contributed by atoms with Gasteiger partial charge in [0.25, 0.3) is 0 Å². The molecule has 0 amide bonds. The van der Waals surface area contributed by atoms with Crippen molar-refractivity contribution in [2.45, 2.75) is 32.6 Å². The van der Waals surface area contributed by atoms with Crippen LogP contribution in [0.5, 0.6) is 0 Å². The zero-order valence-corrected chi connectivity index (χ0v) is 9.49. The summed E-state index contributed by atoms with van der Waals surface area (Å²) in [5.41, 5.74) is 2.80. The highest BCUT2D eigenvalue weighted by Gasteiger charge is 2.14. The predicted octanol–water partition coefficient (Wildman–Crippen LogP) is 1.13. The van der Waals surface area contributed by atoms with E-state index in [1.165, 1.54) is 0 Å². The van der Waals surface area contributed by atoms with Gasteiger partial charge in [0.15, 0.2) is 0 Å². The fourth-order valence-corrected chi connectivity index (χ4v) is 1.53. The Morgan fingerprint density at radius 2 is 2.07 bits per heavy atom. The summed E-state index contributed by atoms with van der Waals surface area (Å²) in [6.07, 6.45) is -0.513. The van der Waals surface area contributed by atoms with Crippen LogP contribution in [0.4, 0.5) is 0 Å². The van der Waals surface area contributed by atoms with Crippen LogP contribution in [0, 0.1) is 6.92 Å². The summed E-state index contributed by atoms with van der Waals surface area (Å²) in [4.78, 5) is 0.